The van der Waals surface area contributed by atoms with Crippen molar-refractivity contribution in [3.63, 3.8) is 0 Å². The first-order valence-electron chi connectivity index (χ1n) is 6.84. The second kappa shape index (κ2) is 7.01. The molecule has 0 aromatic rings. The van der Waals surface area contributed by atoms with Gasteiger partial charge in [-0.3, -0.25) is 0 Å². The van der Waals surface area contributed by atoms with Gasteiger partial charge in [0.25, 0.3) is 0 Å². The van der Waals surface area contributed by atoms with Crippen LogP contribution in [0, 0.1) is 0 Å². The first-order chi connectivity index (χ1) is 9.25. The Bertz CT molecular complexity index is 331. The Morgan fingerprint density at radius 1 is 1.05 bits per heavy atom. The number of rotatable bonds is 3. The zero-order valence-electron chi connectivity index (χ0n) is 11.6. The molecule has 116 valence electrons. The fourth-order valence-electron chi connectivity index (χ4n) is 2.80. The fourth-order valence-corrected chi connectivity index (χ4v) is 2.80. The van der Waals surface area contributed by atoms with Gasteiger partial charge < -0.3 is 25.7 Å². The number of hydrogen-bond donors (Lipinski definition) is 5. The van der Waals surface area contributed by atoms with Gasteiger partial charge in [-0.2, -0.15) is 0 Å². The zero-order valence-corrected chi connectivity index (χ0v) is 11.6. The van der Waals surface area contributed by atoms with E-state index in [0.717, 1.165) is 6.04 Å². The molecule has 2 fully saturated rings. The van der Waals surface area contributed by atoms with Crippen LogP contribution in [0.15, 0.2) is 0 Å². The van der Waals surface area contributed by atoms with Gasteiger partial charge in [-0.25, -0.2) is 9.59 Å². The highest BCUT2D eigenvalue weighted by molar-refractivity contribution is 5.83. The maximum Gasteiger partial charge on any atom is 0.335 e. The van der Waals surface area contributed by atoms with Gasteiger partial charge in [0.1, 0.15) is 0 Å². The number of piperidine rings is 2. The van der Waals surface area contributed by atoms with Gasteiger partial charge in [-0.15, -0.1) is 0 Å². The second-order valence-electron chi connectivity index (χ2n) is 5.75. The van der Waals surface area contributed by atoms with Gasteiger partial charge in [0.15, 0.2) is 12.2 Å². The third-order valence-corrected chi connectivity index (χ3v) is 3.92. The molecule has 2 unspecified atom stereocenters. The van der Waals surface area contributed by atoms with E-state index in [1.807, 2.05) is 0 Å². The monoisotopic (exact) mass is 289 g/mol. The lowest BCUT2D eigenvalue weighted by molar-refractivity contribution is -0.165. The minimum Gasteiger partial charge on any atom is -0.479 e. The second-order valence-corrected chi connectivity index (χ2v) is 5.75. The van der Waals surface area contributed by atoms with Crippen LogP contribution in [0.5, 0.6) is 0 Å². The van der Waals surface area contributed by atoms with Crippen molar-refractivity contribution in [3.05, 3.63) is 0 Å². The fraction of sp³-hybridized carbons (Fsp3) is 0.846. The quantitative estimate of drug-likeness (QED) is 0.493. The summed E-state index contributed by atoms with van der Waals surface area (Å²) in [6, 6.07) is 0.868. The van der Waals surface area contributed by atoms with E-state index in [1.165, 1.54) is 38.5 Å². The number of carbonyl (C=O) groups is 2. The van der Waals surface area contributed by atoms with Crippen molar-refractivity contribution in [1.29, 1.82) is 0 Å². The van der Waals surface area contributed by atoms with E-state index >= 15 is 0 Å². The van der Waals surface area contributed by atoms with E-state index in [-0.39, 0.29) is 0 Å². The SMILES string of the molecule is CC12CCCC(CCC1)N2.O=C(O)C(O)C(O)C(=O)O. The molecule has 0 spiro atoms. The van der Waals surface area contributed by atoms with Crippen LogP contribution in [-0.2, 0) is 9.59 Å². The van der Waals surface area contributed by atoms with Crippen molar-refractivity contribution in [2.24, 2.45) is 0 Å². The van der Waals surface area contributed by atoms with Crippen LogP contribution in [0.4, 0.5) is 0 Å². The van der Waals surface area contributed by atoms with Crippen molar-refractivity contribution in [3.8, 4) is 0 Å². The molecule has 7 nitrogen and oxygen atoms in total. The molecule has 2 bridgehead atoms. The Hall–Kier alpha value is -1.18. The summed E-state index contributed by atoms with van der Waals surface area (Å²) >= 11 is 0. The minimum absolute atomic E-state index is 0.529. The van der Waals surface area contributed by atoms with Crippen LogP contribution < -0.4 is 5.32 Å². The van der Waals surface area contributed by atoms with Crippen molar-refractivity contribution in [2.45, 2.75) is 69.2 Å². The largest absolute Gasteiger partial charge is 0.479 e. The Kier molecular flexibility index (Phi) is 5.91. The normalized spacial score (nSPS) is 31.4. The van der Waals surface area contributed by atoms with Gasteiger partial charge in [0.2, 0.25) is 0 Å². The van der Waals surface area contributed by atoms with Crippen molar-refractivity contribution < 1.29 is 30.0 Å². The first-order valence-corrected chi connectivity index (χ1v) is 6.84. The molecule has 7 heteroatoms. The molecule has 0 aromatic heterocycles. The number of hydrogen-bond acceptors (Lipinski definition) is 5. The van der Waals surface area contributed by atoms with E-state index < -0.39 is 24.1 Å². The number of aliphatic carboxylic acids is 2. The average molecular weight is 289 g/mol. The van der Waals surface area contributed by atoms with E-state index in [4.69, 9.17) is 20.4 Å². The summed E-state index contributed by atoms with van der Waals surface area (Å²) in [6.45, 7) is 2.39. The third kappa shape index (κ3) is 4.73. The predicted molar refractivity (Wildman–Crippen MR) is 70.3 cm³/mol. The molecule has 5 N–H and O–H groups in total. The van der Waals surface area contributed by atoms with Gasteiger partial charge >= 0.3 is 11.9 Å². The summed E-state index contributed by atoms with van der Waals surface area (Å²) in [5.74, 6) is -3.54. The molecule has 0 radical (unpaired) electrons. The van der Waals surface area contributed by atoms with Crippen LogP contribution in [0.3, 0.4) is 0 Å². The van der Waals surface area contributed by atoms with Crippen molar-refractivity contribution >= 4 is 11.9 Å². The average Bonchev–Trinajstić information content (AvgIpc) is 2.36. The van der Waals surface area contributed by atoms with Gasteiger partial charge in [0, 0.05) is 11.6 Å². The summed E-state index contributed by atoms with van der Waals surface area (Å²) in [5.41, 5.74) is 0.529. The molecule has 2 aliphatic heterocycles. The van der Waals surface area contributed by atoms with Crippen LogP contribution >= 0.6 is 0 Å². The molecule has 2 atom stereocenters. The van der Waals surface area contributed by atoms with Gasteiger partial charge in [-0.05, 0) is 32.6 Å². The molecule has 0 aliphatic carbocycles. The van der Waals surface area contributed by atoms with Crippen LogP contribution in [-0.4, -0.2) is 56.2 Å². The summed E-state index contributed by atoms with van der Waals surface area (Å²) in [7, 11) is 0. The van der Waals surface area contributed by atoms with Crippen LogP contribution in [0.2, 0.25) is 0 Å². The molecule has 2 heterocycles. The summed E-state index contributed by atoms with van der Waals surface area (Å²) in [6.07, 6.45) is 4.04. The summed E-state index contributed by atoms with van der Waals surface area (Å²) in [4.78, 5) is 19.5. The predicted octanol–water partition coefficient (Wildman–Crippen LogP) is -0.0515. The summed E-state index contributed by atoms with van der Waals surface area (Å²) < 4.78 is 0. The number of carboxylic acid groups (broad SMARTS) is 2. The van der Waals surface area contributed by atoms with E-state index in [9.17, 15) is 9.59 Å². The highest BCUT2D eigenvalue weighted by atomic mass is 16.4. The smallest absolute Gasteiger partial charge is 0.335 e. The van der Waals surface area contributed by atoms with Crippen molar-refractivity contribution in [1.82, 2.24) is 5.32 Å². The van der Waals surface area contributed by atoms with Crippen molar-refractivity contribution in [2.75, 3.05) is 0 Å². The maximum absolute atomic E-state index is 9.77. The minimum atomic E-state index is -2.27. The van der Waals surface area contributed by atoms with Gasteiger partial charge in [-0.1, -0.05) is 12.8 Å². The Morgan fingerprint density at radius 3 is 1.70 bits per heavy atom. The lowest BCUT2D eigenvalue weighted by Gasteiger charge is -2.44. The molecule has 2 rings (SSSR count). The van der Waals surface area contributed by atoms with Crippen LogP contribution in [0.25, 0.3) is 0 Å². The Balaban J connectivity index is 0.000000200. The number of carboxylic acids is 2. The topological polar surface area (TPSA) is 127 Å². The lowest BCUT2D eigenvalue weighted by Crippen LogP contribution is -2.54. The van der Waals surface area contributed by atoms with E-state index in [0.29, 0.717) is 5.54 Å². The Morgan fingerprint density at radius 2 is 1.45 bits per heavy atom. The van der Waals surface area contributed by atoms with Crippen LogP contribution in [0.1, 0.15) is 45.4 Å². The number of nitrogens with one attached hydrogen (secondary N) is 1. The highest BCUT2D eigenvalue weighted by Gasteiger charge is 2.34. The molecule has 2 aliphatic rings. The standard InChI is InChI=1S/C9H17N.C4H6O6/c1-9-6-2-4-8(10-9)5-3-7-9;5-1(3(7)8)2(6)4(9)10/h8,10H,2-7H2,1H3;1-2,5-6H,(H,7,8)(H,9,10). The number of aliphatic hydroxyl groups excluding tert-OH is 2. The molecular formula is C13H23NO6. The first kappa shape index (κ1) is 16.9. The molecule has 20 heavy (non-hydrogen) atoms. The van der Waals surface area contributed by atoms with Gasteiger partial charge in [0.05, 0.1) is 0 Å². The molecule has 2 saturated heterocycles. The molecular weight excluding hydrogens is 266 g/mol. The molecule has 0 aromatic carbocycles. The highest BCUT2D eigenvalue weighted by Crippen LogP contribution is 2.32. The molecule has 0 saturated carbocycles. The summed E-state index contributed by atoms with van der Waals surface area (Å²) in [5, 5.41) is 36.3. The van der Waals surface area contributed by atoms with E-state index in [1.54, 1.807) is 0 Å². The molecule has 0 amide bonds. The zero-order chi connectivity index (χ0) is 15.3. The lowest BCUT2D eigenvalue weighted by atomic mass is 9.78. The number of aliphatic hydroxyl groups is 2. The number of fused-ring (bicyclic) bond motifs is 2. The maximum atomic E-state index is 9.77. The van der Waals surface area contributed by atoms with E-state index in [2.05, 4.69) is 12.2 Å². The Labute approximate surface area is 117 Å². The third-order valence-electron chi connectivity index (χ3n) is 3.92.